The van der Waals surface area contributed by atoms with Gasteiger partial charge in [0.25, 0.3) is 11.8 Å². The highest BCUT2D eigenvalue weighted by atomic mass is 32.2. The van der Waals surface area contributed by atoms with Gasteiger partial charge in [-0.2, -0.15) is 0 Å². The largest absolute Gasteiger partial charge is 0.496 e. The average Bonchev–Trinajstić information content (AvgIpc) is 3.54. The van der Waals surface area contributed by atoms with Crippen LogP contribution in [-0.4, -0.2) is 61.9 Å². The highest BCUT2D eigenvalue weighted by molar-refractivity contribution is 8.00. The molecular weight excluding hydrogens is 669 g/mol. The fourth-order valence-corrected chi connectivity index (χ4v) is 5.93. The number of nitrogens with zero attached hydrogens (tertiary/aromatic N) is 1. The van der Waals surface area contributed by atoms with E-state index in [0.717, 1.165) is 4.90 Å². The van der Waals surface area contributed by atoms with E-state index in [1.807, 2.05) is 0 Å². The zero-order valence-corrected chi connectivity index (χ0v) is 29.2. The van der Waals surface area contributed by atoms with E-state index in [1.54, 1.807) is 86.0 Å². The van der Waals surface area contributed by atoms with Gasteiger partial charge < -0.3 is 34.9 Å². The molecule has 1 heterocycles. The number of ether oxygens (including phenoxy) is 4. The molecule has 0 aliphatic rings. The van der Waals surface area contributed by atoms with Crippen LogP contribution in [0, 0.1) is 0 Å². The number of thioether (sulfide) groups is 1. The Bertz CT molecular complexity index is 1810. The monoisotopic (exact) mass is 704 g/mol. The maximum atomic E-state index is 13.6. The molecule has 1 aromatic heterocycles. The fourth-order valence-electron chi connectivity index (χ4n) is 4.35. The van der Waals surface area contributed by atoms with Crippen LogP contribution in [0.3, 0.4) is 0 Å². The van der Waals surface area contributed by atoms with Crippen LogP contribution >= 0.6 is 23.1 Å². The van der Waals surface area contributed by atoms with Gasteiger partial charge in [0.2, 0.25) is 5.91 Å². The van der Waals surface area contributed by atoms with Crippen molar-refractivity contribution in [1.29, 1.82) is 0 Å². The Morgan fingerprint density at radius 1 is 0.898 bits per heavy atom. The van der Waals surface area contributed by atoms with E-state index in [0.29, 0.717) is 44.9 Å². The maximum Gasteiger partial charge on any atom is 0.311 e. The predicted molar refractivity (Wildman–Crippen MR) is 189 cm³/mol. The highest BCUT2D eigenvalue weighted by Gasteiger charge is 2.20. The molecule has 0 saturated heterocycles. The highest BCUT2D eigenvalue weighted by Crippen LogP contribution is 2.36. The van der Waals surface area contributed by atoms with E-state index in [2.05, 4.69) is 20.9 Å². The first kappa shape index (κ1) is 36.5. The second-order valence-electron chi connectivity index (χ2n) is 10.2. The van der Waals surface area contributed by atoms with Crippen LogP contribution in [0.4, 0.5) is 10.8 Å². The van der Waals surface area contributed by atoms with Crippen LogP contribution in [-0.2, 0) is 25.5 Å². The van der Waals surface area contributed by atoms with Crippen molar-refractivity contribution in [2.75, 3.05) is 38.6 Å². The van der Waals surface area contributed by atoms with Gasteiger partial charge in [0, 0.05) is 33.2 Å². The molecule has 14 heteroatoms. The van der Waals surface area contributed by atoms with Crippen molar-refractivity contribution >= 4 is 63.7 Å². The van der Waals surface area contributed by atoms with Crippen molar-refractivity contribution in [2.45, 2.75) is 30.4 Å². The van der Waals surface area contributed by atoms with E-state index in [-0.39, 0.29) is 30.6 Å². The molecule has 0 aliphatic carbocycles. The third kappa shape index (κ3) is 10.3. The minimum atomic E-state index is -0.583. The van der Waals surface area contributed by atoms with Gasteiger partial charge in [-0.25, -0.2) is 4.98 Å². The Labute approximate surface area is 292 Å². The zero-order valence-electron chi connectivity index (χ0n) is 27.5. The number of hydrogen-bond acceptors (Lipinski definition) is 11. The molecule has 49 heavy (non-hydrogen) atoms. The van der Waals surface area contributed by atoms with Gasteiger partial charge in [-0.1, -0.05) is 18.2 Å². The van der Waals surface area contributed by atoms with Gasteiger partial charge in [0.1, 0.15) is 11.4 Å². The molecule has 0 aliphatic heterocycles. The number of amides is 3. The van der Waals surface area contributed by atoms with Crippen molar-refractivity contribution in [3.05, 3.63) is 94.6 Å². The summed E-state index contributed by atoms with van der Waals surface area (Å²) in [5.41, 5.74) is 1.77. The van der Waals surface area contributed by atoms with Crippen molar-refractivity contribution in [3.8, 4) is 17.2 Å². The lowest BCUT2D eigenvalue weighted by Crippen LogP contribution is -2.30. The van der Waals surface area contributed by atoms with Crippen LogP contribution in [0.5, 0.6) is 17.2 Å². The minimum absolute atomic E-state index is 0.0362. The number of esters is 1. The van der Waals surface area contributed by atoms with Crippen LogP contribution in [0.2, 0.25) is 0 Å². The van der Waals surface area contributed by atoms with E-state index in [1.165, 1.54) is 50.5 Å². The van der Waals surface area contributed by atoms with Gasteiger partial charge in [0.15, 0.2) is 16.6 Å². The summed E-state index contributed by atoms with van der Waals surface area (Å²) in [7, 11) is 4.47. The third-order valence-corrected chi connectivity index (χ3v) is 8.69. The van der Waals surface area contributed by atoms with E-state index in [9.17, 15) is 19.2 Å². The topological polar surface area (TPSA) is 154 Å². The van der Waals surface area contributed by atoms with Crippen molar-refractivity contribution in [3.63, 3.8) is 0 Å². The Morgan fingerprint density at radius 3 is 2.22 bits per heavy atom. The number of carbonyl (C=O) groups excluding carboxylic acids is 4. The van der Waals surface area contributed by atoms with Crippen LogP contribution in [0.25, 0.3) is 6.08 Å². The summed E-state index contributed by atoms with van der Waals surface area (Å²) in [6, 6.07) is 18.7. The number of methoxy groups -OCH3 is 3. The van der Waals surface area contributed by atoms with E-state index in [4.69, 9.17) is 18.9 Å². The number of benzene rings is 3. The molecule has 3 amide bonds. The van der Waals surface area contributed by atoms with E-state index < -0.39 is 17.1 Å². The molecule has 256 valence electrons. The Hall–Kier alpha value is -5.34. The van der Waals surface area contributed by atoms with Gasteiger partial charge in [-0.3, -0.25) is 19.2 Å². The number of hydrogen-bond donors (Lipinski definition) is 3. The first-order valence-electron chi connectivity index (χ1n) is 15.0. The lowest BCUT2D eigenvalue weighted by molar-refractivity contribution is -0.142. The van der Waals surface area contributed by atoms with Gasteiger partial charge >= 0.3 is 5.97 Å². The maximum absolute atomic E-state index is 13.6. The Kier molecular flexibility index (Phi) is 13.2. The predicted octanol–water partition coefficient (Wildman–Crippen LogP) is 5.80. The molecule has 12 nitrogen and oxygen atoms in total. The number of thiazole rings is 1. The summed E-state index contributed by atoms with van der Waals surface area (Å²) >= 11 is 2.55. The summed E-state index contributed by atoms with van der Waals surface area (Å²) in [5, 5.41) is 9.93. The zero-order chi connectivity index (χ0) is 35.3. The summed E-state index contributed by atoms with van der Waals surface area (Å²) in [6.45, 7) is 3.78. The molecule has 0 saturated carbocycles. The van der Waals surface area contributed by atoms with Gasteiger partial charge in [-0.15, -0.1) is 23.1 Å². The number of anilines is 2. The van der Waals surface area contributed by atoms with Crippen LogP contribution < -0.4 is 30.2 Å². The third-order valence-electron chi connectivity index (χ3n) is 6.77. The Balaban J connectivity index is 1.46. The second-order valence-corrected chi connectivity index (χ2v) is 12.5. The van der Waals surface area contributed by atoms with Crippen molar-refractivity contribution in [1.82, 2.24) is 10.3 Å². The van der Waals surface area contributed by atoms with Crippen molar-refractivity contribution < 1.29 is 38.1 Å². The summed E-state index contributed by atoms with van der Waals surface area (Å²) in [5.74, 6) is -0.462. The first-order chi connectivity index (χ1) is 23.6. The average molecular weight is 705 g/mol. The quantitative estimate of drug-likeness (QED) is 0.0786. The molecular formula is C35H36N4O8S2. The first-order valence-corrected chi connectivity index (χ1v) is 16.8. The molecule has 3 N–H and O–H groups in total. The second kappa shape index (κ2) is 17.7. The summed E-state index contributed by atoms with van der Waals surface area (Å²) in [4.78, 5) is 56.3. The molecule has 0 fully saturated rings. The molecule has 0 radical (unpaired) electrons. The van der Waals surface area contributed by atoms with Gasteiger partial charge in [0.05, 0.1) is 45.3 Å². The molecule has 1 unspecified atom stereocenters. The number of aromatic nitrogens is 1. The minimum Gasteiger partial charge on any atom is -0.496 e. The molecule has 3 aromatic carbocycles. The molecule has 4 rings (SSSR count). The van der Waals surface area contributed by atoms with Crippen LogP contribution in [0.1, 0.15) is 35.5 Å². The number of rotatable bonds is 15. The smallest absolute Gasteiger partial charge is 0.311 e. The van der Waals surface area contributed by atoms with E-state index >= 15 is 0 Å². The van der Waals surface area contributed by atoms with Crippen molar-refractivity contribution in [2.24, 2.45) is 0 Å². The molecule has 4 aromatic rings. The number of carbonyl (C=O) groups is 4. The normalized spacial score (nSPS) is 11.6. The summed E-state index contributed by atoms with van der Waals surface area (Å²) in [6.07, 6.45) is 1.53. The molecule has 1 atom stereocenters. The standard InChI is InChI=1S/C35H36N4O8S2/c1-6-47-31(40)18-25-20-48-35(37-25)39-32(41)21(2)49-26-14-12-24(13-15-26)36-34(43)27(38-33(42)22-10-8-7-9-11-22)16-23-17-29(45-4)30(46-5)19-28(23)44-3/h7-17,19-21H,6,18H2,1-5H3,(H,36,43)(H,38,42)(H,37,39,41)/b27-16-. The lowest BCUT2D eigenvalue weighted by Gasteiger charge is -2.15. The number of nitrogens with one attached hydrogen (secondary N) is 3. The SMILES string of the molecule is CCOC(=O)Cc1csc(NC(=O)C(C)Sc2ccc(NC(=O)/C(=C/c3cc(OC)c(OC)cc3OC)NC(=O)c3ccccc3)cc2)n1. The fraction of sp³-hybridized carbons (Fsp3) is 0.229. The summed E-state index contributed by atoms with van der Waals surface area (Å²) < 4.78 is 21.3. The van der Waals surface area contributed by atoms with Crippen LogP contribution in [0.15, 0.2) is 82.7 Å². The molecule has 0 spiro atoms. The van der Waals surface area contributed by atoms with Gasteiger partial charge in [-0.05, 0) is 62.4 Å². The lowest BCUT2D eigenvalue weighted by atomic mass is 10.1. The Morgan fingerprint density at radius 2 is 1.57 bits per heavy atom. The molecule has 0 bridgehead atoms.